The van der Waals surface area contributed by atoms with E-state index >= 15 is 0 Å². The maximum atomic E-state index is 12.2. The van der Waals surface area contributed by atoms with Crippen LogP contribution in [0.4, 0.5) is 5.69 Å². The van der Waals surface area contributed by atoms with Gasteiger partial charge in [-0.1, -0.05) is 11.6 Å². The Balaban J connectivity index is 1.76. The standard InChI is InChI=1S/C13H12ClIN2O2/c14-7-1-4-10(9(15)5-7)16-11-6-12(18)17(13(11)19)8-2-3-8/h1,4-5,8,11,16H,2-3,6H2. The van der Waals surface area contributed by atoms with Crippen molar-refractivity contribution in [1.29, 1.82) is 0 Å². The van der Waals surface area contributed by atoms with Crippen molar-refractivity contribution in [3.8, 4) is 0 Å². The van der Waals surface area contributed by atoms with E-state index in [1.54, 1.807) is 6.07 Å². The van der Waals surface area contributed by atoms with E-state index in [-0.39, 0.29) is 24.3 Å². The number of rotatable bonds is 3. The number of hydrogen-bond donors (Lipinski definition) is 1. The van der Waals surface area contributed by atoms with Crippen LogP contribution in [0, 0.1) is 3.57 Å². The van der Waals surface area contributed by atoms with Gasteiger partial charge in [0.1, 0.15) is 6.04 Å². The Bertz CT molecular complexity index is 560. The molecule has 1 N–H and O–H groups in total. The Hall–Kier alpha value is -0.820. The number of likely N-dealkylation sites (tertiary alicyclic amines) is 1. The summed E-state index contributed by atoms with van der Waals surface area (Å²) in [7, 11) is 0. The zero-order valence-corrected chi connectivity index (χ0v) is 12.9. The highest BCUT2D eigenvalue weighted by Crippen LogP contribution is 2.33. The third-order valence-electron chi connectivity index (χ3n) is 3.36. The summed E-state index contributed by atoms with van der Waals surface area (Å²) in [5, 5.41) is 3.81. The molecule has 6 heteroatoms. The highest BCUT2D eigenvalue weighted by Gasteiger charge is 2.46. The van der Waals surface area contributed by atoms with E-state index in [0.29, 0.717) is 5.02 Å². The Morgan fingerprint density at radius 2 is 2.05 bits per heavy atom. The largest absolute Gasteiger partial charge is 0.372 e. The molecule has 0 spiro atoms. The average Bonchev–Trinajstić information content (AvgIpc) is 3.12. The second-order valence-electron chi connectivity index (χ2n) is 4.86. The fourth-order valence-corrected chi connectivity index (χ4v) is 3.30. The third kappa shape index (κ3) is 2.58. The molecule has 1 aliphatic carbocycles. The number of nitrogens with one attached hydrogen (secondary N) is 1. The van der Waals surface area contributed by atoms with E-state index in [2.05, 4.69) is 27.9 Å². The maximum Gasteiger partial charge on any atom is 0.252 e. The molecule has 2 aliphatic rings. The molecular weight excluding hydrogens is 379 g/mol. The molecule has 1 saturated heterocycles. The molecule has 0 radical (unpaired) electrons. The number of amides is 2. The van der Waals surface area contributed by atoms with Crippen molar-refractivity contribution in [3.05, 3.63) is 26.8 Å². The van der Waals surface area contributed by atoms with E-state index in [1.165, 1.54) is 4.90 Å². The minimum absolute atomic E-state index is 0.0611. The van der Waals surface area contributed by atoms with Crippen LogP contribution in [0.5, 0.6) is 0 Å². The molecule has 100 valence electrons. The minimum atomic E-state index is -0.442. The number of benzene rings is 1. The molecule has 4 nitrogen and oxygen atoms in total. The molecule has 1 atom stereocenters. The van der Waals surface area contributed by atoms with Gasteiger partial charge in [0.2, 0.25) is 5.91 Å². The SMILES string of the molecule is O=C1CC(Nc2ccc(Cl)cc2I)C(=O)N1C1CC1. The van der Waals surface area contributed by atoms with E-state index in [9.17, 15) is 9.59 Å². The lowest BCUT2D eigenvalue weighted by Gasteiger charge is -2.16. The topological polar surface area (TPSA) is 49.4 Å². The summed E-state index contributed by atoms with van der Waals surface area (Å²) in [4.78, 5) is 25.5. The highest BCUT2D eigenvalue weighted by molar-refractivity contribution is 14.1. The van der Waals surface area contributed by atoms with Crippen LogP contribution in [0.2, 0.25) is 5.02 Å². The van der Waals surface area contributed by atoms with Crippen molar-refractivity contribution >= 4 is 51.7 Å². The smallest absolute Gasteiger partial charge is 0.252 e. The summed E-state index contributed by atoms with van der Waals surface area (Å²) in [6, 6.07) is 5.14. The van der Waals surface area contributed by atoms with Crippen molar-refractivity contribution in [2.45, 2.75) is 31.3 Å². The number of anilines is 1. The number of carbonyl (C=O) groups excluding carboxylic acids is 2. The summed E-state index contributed by atoms with van der Waals surface area (Å²) in [5.41, 5.74) is 0.841. The Morgan fingerprint density at radius 3 is 2.68 bits per heavy atom. The highest BCUT2D eigenvalue weighted by atomic mass is 127. The second kappa shape index (κ2) is 4.94. The third-order valence-corrected chi connectivity index (χ3v) is 4.48. The lowest BCUT2D eigenvalue weighted by atomic mass is 10.2. The number of hydrogen-bond acceptors (Lipinski definition) is 3. The van der Waals surface area contributed by atoms with Crippen molar-refractivity contribution in [2.24, 2.45) is 0 Å². The van der Waals surface area contributed by atoms with Gasteiger partial charge in [0, 0.05) is 20.3 Å². The van der Waals surface area contributed by atoms with Crippen LogP contribution in [0.3, 0.4) is 0 Å². The number of nitrogens with zero attached hydrogens (tertiary/aromatic N) is 1. The summed E-state index contributed by atoms with van der Waals surface area (Å²) in [6.07, 6.45) is 2.14. The van der Waals surface area contributed by atoms with Gasteiger partial charge in [-0.25, -0.2) is 0 Å². The Kier molecular flexibility index (Phi) is 3.42. The zero-order valence-electron chi connectivity index (χ0n) is 10.0. The Labute approximate surface area is 129 Å². The van der Waals surface area contributed by atoms with Crippen LogP contribution in [0.1, 0.15) is 19.3 Å². The minimum Gasteiger partial charge on any atom is -0.372 e. The second-order valence-corrected chi connectivity index (χ2v) is 6.46. The van der Waals surface area contributed by atoms with E-state index < -0.39 is 6.04 Å². The first kappa shape index (κ1) is 13.2. The lowest BCUT2D eigenvalue weighted by Crippen LogP contribution is -2.36. The van der Waals surface area contributed by atoms with Crippen molar-refractivity contribution in [2.75, 3.05) is 5.32 Å². The molecule has 2 amide bonds. The van der Waals surface area contributed by atoms with Gasteiger partial charge in [-0.15, -0.1) is 0 Å². The molecule has 0 aromatic heterocycles. The van der Waals surface area contributed by atoms with Crippen LogP contribution in [0.25, 0.3) is 0 Å². The monoisotopic (exact) mass is 390 g/mol. The molecule has 3 rings (SSSR count). The van der Waals surface area contributed by atoms with Crippen molar-refractivity contribution in [3.63, 3.8) is 0 Å². The summed E-state index contributed by atoms with van der Waals surface area (Å²) >= 11 is 8.06. The molecule has 1 saturated carbocycles. The fraction of sp³-hybridized carbons (Fsp3) is 0.385. The lowest BCUT2D eigenvalue weighted by molar-refractivity contribution is -0.139. The van der Waals surface area contributed by atoms with Gasteiger partial charge in [0.15, 0.2) is 0 Å². The van der Waals surface area contributed by atoms with Crippen molar-refractivity contribution < 1.29 is 9.59 Å². The first-order valence-electron chi connectivity index (χ1n) is 6.14. The quantitative estimate of drug-likeness (QED) is 0.638. The summed E-state index contributed by atoms with van der Waals surface area (Å²) < 4.78 is 0.940. The van der Waals surface area contributed by atoms with Crippen LogP contribution in [0.15, 0.2) is 18.2 Å². The number of halogens is 2. The normalized spacial score (nSPS) is 23.1. The van der Waals surface area contributed by atoms with Gasteiger partial charge in [0.25, 0.3) is 5.91 Å². The van der Waals surface area contributed by atoms with Crippen LogP contribution in [-0.4, -0.2) is 28.8 Å². The first-order chi connectivity index (χ1) is 9.06. The summed E-state index contributed by atoms with van der Waals surface area (Å²) in [5.74, 6) is -0.160. The van der Waals surface area contributed by atoms with Crippen LogP contribution < -0.4 is 5.32 Å². The zero-order chi connectivity index (χ0) is 13.6. The van der Waals surface area contributed by atoms with E-state index in [1.807, 2.05) is 12.1 Å². The van der Waals surface area contributed by atoms with Gasteiger partial charge in [-0.3, -0.25) is 14.5 Å². The molecule has 1 aromatic carbocycles. The van der Waals surface area contributed by atoms with Crippen LogP contribution >= 0.6 is 34.2 Å². The molecular formula is C13H12ClIN2O2. The average molecular weight is 391 g/mol. The molecule has 1 aliphatic heterocycles. The van der Waals surface area contributed by atoms with Gasteiger partial charge < -0.3 is 5.32 Å². The molecule has 1 aromatic rings. The molecule has 0 bridgehead atoms. The fourth-order valence-electron chi connectivity index (χ4n) is 2.27. The van der Waals surface area contributed by atoms with Gasteiger partial charge in [0.05, 0.1) is 6.42 Å². The molecule has 19 heavy (non-hydrogen) atoms. The predicted molar refractivity (Wildman–Crippen MR) is 81.1 cm³/mol. The summed E-state index contributed by atoms with van der Waals surface area (Å²) in [6.45, 7) is 0. The van der Waals surface area contributed by atoms with Gasteiger partial charge in [-0.05, 0) is 53.6 Å². The van der Waals surface area contributed by atoms with Gasteiger partial charge >= 0.3 is 0 Å². The first-order valence-corrected chi connectivity index (χ1v) is 7.59. The number of carbonyl (C=O) groups is 2. The molecule has 1 unspecified atom stereocenters. The van der Waals surface area contributed by atoms with E-state index in [0.717, 1.165) is 22.1 Å². The number of imide groups is 1. The molecule has 1 heterocycles. The Morgan fingerprint density at radius 1 is 1.32 bits per heavy atom. The van der Waals surface area contributed by atoms with Crippen molar-refractivity contribution in [1.82, 2.24) is 4.90 Å². The molecule has 2 fully saturated rings. The maximum absolute atomic E-state index is 12.2. The van der Waals surface area contributed by atoms with E-state index in [4.69, 9.17) is 11.6 Å². The predicted octanol–water partition coefficient (Wildman–Crippen LogP) is 2.65. The van der Waals surface area contributed by atoms with Crippen LogP contribution in [-0.2, 0) is 9.59 Å². The van der Waals surface area contributed by atoms with Gasteiger partial charge in [-0.2, -0.15) is 0 Å².